The SMILES string of the molecule is Cc1ccc(S(=O)(=O)NC[C@@H](Br)C(=O)Br)cc1. The zero-order valence-electron chi connectivity index (χ0n) is 8.98. The molecule has 0 aliphatic rings. The maximum absolute atomic E-state index is 11.8. The average Bonchev–Trinajstić information content (AvgIpc) is 2.26. The molecule has 0 saturated heterocycles. The summed E-state index contributed by atoms with van der Waals surface area (Å²) in [6.45, 7) is 1.88. The lowest BCUT2D eigenvalue weighted by Crippen LogP contribution is -2.31. The Balaban J connectivity index is 2.76. The van der Waals surface area contributed by atoms with Gasteiger partial charge in [-0.3, -0.25) is 4.79 Å². The van der Waals surface area contributed by atoms with Crippen molar-refractivity contribution in [3.8, 4) is 0 Å². The van der Waals surface area contributed by atoms with Crippen LogP contribution in [0.25, 0.3) is 0 Å². The number of rotatable bonds is 5. The second kappa shape index (κ2) is 6.08. The molecule has 0 bridgehead atoms. The molecule has 0 amide bonds. The minimum Gasteiger partial charge on any atom is -0.285 e. The summed E-state index contributed by atoms with van der Waals surface area (Å²) in [6, 6.07) is 6.49. The zero-order chi connectivity index (χ0) is 13.1. The smallest absolute Gasteiger partial charge is 0.240 e. The van der Waals surface area contributed by atoms with Gasteiger partial charge in [-0.1, -0.05) is 33.6 Å². The molecule has 0 spiro atoms. The van der Waals surface area contributed by atoms with E-state index in [1.165, 1.54) is 12.1 Å². The molecule has 7 heteroatoms. The first kappa shape index (κ1) is 14.8. The molecular formula is C10H11Br2NO3S. The third kappa shape index (κ3) is 4.50. The summed E-state index contributed by atoms with van der Waals surface area (Å²) in [5, 5.41) is 0. The van der Waals surface area contributed by atoms with Crippen molar-refractivity contribution >= 4 is 46.6 Å². The van der Waals surface area contributed by atoms with Gasteiger partial charge in [-0.25, -0.2) is 13.1 Å². The summed E-state index contributed by atoms with van der Waals surface area (Å²) < 4.78 is 25.7. The van der Waals surface area contributed by atoms with Crippen LogP contribution in [0.4, 0.5) is 0 Å². The lowest BCUT2D eigenvalue weighted by Gasteiger charge is -2.08. The number of sulfonamides is 1. The Morgan fingerprint density at radius 2 is 1.88 bits per heavy atom. The van der Waals surface area contributed by atoms with E-state index in [-0.39, 0.29) is 16.1 Å². The topological polar surface area (TPSA) is 63.2 Å². The second-order valence-corrected chi connectivity index (χ2v) is 7.09. The Morgan fingerprint density at radius 3 is 2.35 bits per heavy atom. The van der Waals surface area contributed by atoms with Gasteiger partial charge in [0.2, 0.25) is 14.7 Å². The van der Waals surface area contributed by atoms with Crippen molar-refractivity contribution in [2.24, 2.45) is 0 Å². The highest BCUT2D eigenvalue weighted by atomic mass is 79.9. The van der Waals surface area contributed by atoms with Crippen LogP contribution in [0.3, 0.4) is 0 Å². The first-order valence-corrected chi connectivity index (χ1v) is 7.92. The number of carbonyl (C=O) groups excluding carboxylic acids is 1. The Labute approximate surface area is 117 Å². The summed E-state index contributed by atoms with van der Waals surface area (Å²) in [5.74, 6) is 0. The molecule has 0 aromatic heterocycles. The van der Waals surface area contributed by atoms with E-state index in [0.29, 0.717) is 0 Å². The average molecular weight is 385 g/mol. The highest BCUT2D eigenvalue weighted by Gasteiger charge is 2.18. The van der Waals surface area contributed by atoms with E-state index < -0.39 is 14.9 Å². The van der Waals surface area contributed by atoms with Gasteiger partial charge in [0.05, 0.1) is 9.72 Å². The van der Waals surface area contributed by atoms with Crippen LogP contribution < -0.4 is 4.72 Å². The van der Waals surface area contributed by atoms with Gasteiger partial charge in [0.25, 0.3) is 0 Å². The van der Waals surface area contributed by atoms with E-state index in [0.717, 1.165) is 5.56 Å². The van der Waals surface area contributed by atoms with E-state index in [1.54, 1.807) is 12.1 Å². The third-order valence-corrected chi connectivity index (χ3v) is 5.38. The van der Waals surface area contributed by atoms with Crippen molar-refractivity contribution in [2.75, 3.05) is 6.54 Å². The fourth-order valence-corrected chi connectivity index (χ4v) is 2.65. The van der Waals surface area contributed by atoms with Crippen LogP contribution in [0, 0.1) is 6.92 Å². The van der Waals surface area contributed by atoms with Crippen LogP contribution in [-0.4, -0.2) is 24.5 Å². The van der Waals surface area contributed by atoms with Crippen molar-refractivity contribution in [2.45, 2.75) is 16.6 Å². The molecule has 0 unspecified atom stereocenters. The summed E-state index contributed by atoms with van der Waals surface area (Å²) in [7, 11) is -3.56. The Hall–Kier alpha value is -0.240. The van der Waals surface area contributed by atoms with Gasteiger partial charge < -0.3 is 0 Å². The molecule has 0 fully saturated rings. The molecule has 17 heavy (non-hydrogen) atoms. The molecule has 1 aromatic rings. The minimum atomic E-state index is -3.56. The number of nitrogens with one attached hydrogen (secondary N) is 1. The number of hydrogen-bond donors (Lipinski definition) is 1. The molecule has 0 heterocycles. The Bertz CT molecular complexity index is 499. The van der Waals surface area contributed by atoms with E-state index in [2.05, 4.69) is 36.6 Å². The third-order valence-electron chi connectivity index (χ3n) is 2.03. The van der Waals surface area contributed by atoms with E-state index in [4.69, 9.17) is 0 Å². The van der Waals surface area contributed by atoms with Crippen molar-refractivity contribution < 1.29 is 13.2 Å². The largest absolute Gasteiger partial charge is 0.285 e. The standard InChI is InChI=1S/C10H11Br2NO3S/c1-7-2-4-8(5-3-7)17(15,16)13-6-9(11)10(12)14/h2-5,9,13H,6H2,1H3/t9-/m1/s1. The summed E-state index contributed by atoms with van der Waals surface area (Å²) in [6.07, 6.45) is 0. The fourth-order valence-electron chi connectivity index (χ4n) is 1.06. The number of hydrogen-bond acceptors (Lipinski definition) is 3. The van der Waals surface area contributed by atoms with Gasteiger partial charge in [-0.15, -0.1) is 0 Å². The fraction of sp³-hybridized carbons (Fsp3) is 0.300. The second-order valence-electron chi connectivity index (χ2n) is 3.44. The lowest BCUT2D eigenvalue weighted by molar-refractivity contribution is -0.109. The van der Waals surface area contributed by atoms with Crippen LogP contribution in [0.5, 0.6) is 0 Å². The van der Waals surface area contributed by atoms with Crippen molar-refractivity contribution in [3.05, 3.63) is 29.8 Å². The predicted octanol–water partition coefficient (Wildman–Crippen LogP) is 1.96. The molecule has 1 atom stereocenters. The van der Waals surface area contributed by atoms with E-state index >= 15 is 0 Å². The van der Waals surface area contributed by atoms with Gasteiger partial charge in [0.15, 0.2) is 0 Å². The van der Waals surface area contributed by atoms with Crippen LogP contribution in [0.15, 0.2) is 29.2 Å². The zero-order valence-corrected chi connectivity index (χ0v) is 13.0. The first-order chi connectivity index (χ1) is 7.83. The summed E-state index contributed by atoms with van der Waals surface area (Å²) in [5.41, 5.74) is 0.984. The van der Waals surface area contributed by atoms with Crippen LogP contribution in [0.2, 0.25) is 0 Å². The van der Waals surface area contributed by atoms with Gasteiger partial charge in [0, 0.05) is 6.54 Å². The number of alkyl halides is 1. The van der Waals surface area contributed by atoms with E-state index in [1.807, 2.05) is 6.92 Å². The molecule has 1 aromatic carbocycles. The first-order valence-electron chi connectivity index (χ1n) is 4.72. The van der Waals surface area contributed by atoms with Crippen LogP contribution >= 0.6 is 31.9 Å². The molecule has 94 valence electrons. The molecule has 0 radical (unpaired) electrons. The molecular weight excluding hydrogens is 374 g/mol. The highest BCUT2D eigenvalue weighted by molar-refractivity contribution is 9.20. The molecule has 0 aliphatic heterocycles. The predicted molar refractivity (Wildman–Crippen MR) is 73.0 cm³/mol. The minimum absolute atomic E-state index is 0.000291. The van der Waals surface area contributed by atoms with Gasteiger partial charge >= 0.3 is 0 Å². The number of halogens is 2. The molecule has 0 saturated carbocycles. The van der Waals surface area contributed by atoms with Gasteiger partial charge in [-0.2, -0.15) is 0 Å². The van der Waals surface area contributed by atoms with Gasteiger partial charge in [0.1, 0.15) is 0 Å². The molecule has 4 nitrogen and oxygen atoms in total. The van der Waals surface area contributed by atoms with E-state index in [9.17, 15) is 13.2 Å². The van der Waals surface area contributed by atoms with Crippen molar-refractivity contribution in [3.63, 3.8) is 0 Å². The molecule has 1 N–H and O–H groups in total. The number of aryl methyl sites for hydroxylation is 1. The summed E-state index contributed by atoms with van der Waals surface area (Å²) >= 11 is 5.81. The Kier molecular flexibility index (Phi) is 5.30. The number of carbonyl (C=O) groups is 1. The van der Waals surface area contributed by atoms with Crippen molar-refractivity contribution in [1.29, 1.82) is 0 Å². The molecule has 0 aliphatic carbocycles. The molecule has 1 rings (SSSR count). The van der Waals surface area contributed by atoms with Crippen LogP contribution in [-0.2, 0) is 14.8 Å². The Morgan fingerprint density at radius 1 is 1.35 bits per heavy atom. The highest BCUT2D eigenvalue weighted by Crippen LogP contribution is 2.11. The maximum Gasteiger partial charge on any atom is 0.240 e. The quantitative estimate of drug-likeness (QED) is 0.623. The number of benzene rings is 1. The monoisotopic (exact) mass is 383 g/mol. The van der Waals surface area contributed by atoms with Crippen molar-refractivity contribution in [1.82, 2.24) is 4.72 Å². The maximum atomic E-state index is 11.8. The normalized spacial score (nSPS) is 13.4. The van der Waals surface area contributed by atoms with Crippen LogP contribution in [0.1, 0.15) is 5.56 Å². The lowest BCUT2D eigenvalue weighted by atomic mass is 10.2. The van der Waals surface area contributed by atoms with Gasteiger partial charge in [-0.05, 0) is 35.0 Å². The summed E-state index contributed by atoms with van der Waals surface area (Å²) in [4.78, 5) is 10.5.